The Morgan fingerprint density at radius 1 is 1.56 bits per heavy atom. The Balaban J connectivity index is 1.84. The van der Waals surface area contributed by atoms with Crippen molar-refractivity contribution in [2.45, 2.75) is 31.8 Å². The predicted octanol–water partition coefficient (Wildman–Crippen LogP) is 2.76. The molecule has 2 nitrogen and oxygen atoms in total. The summed E-state index contributed by atoms with van der Waals surface area (Å²) in [5.74, 6) is 0. The van der Waals surface area contributed by atoms with E-state index in [2.05, 4.69) is 52.4 Å². The standard InChI is InChI=1S/C13H18BrNO/c1-10(15-13-5-6-16-9-13)7-11-3-2-4-12(14)8-11/h2-4,8,10,13,15H,5-7,9H2,1H3. The number of hydrogen-bond donors (Lipinski definition) is 1. The van der Waals surface area contributed by atoms with Crippen LogP contribution in [0.25, 0.3) is 0 Å². The van der Waals surface area contributed by atoms with Crippen LogP contribution in [-0.2, 0) is 11.2 Å². The summed E-state index contributed by atoms with van der Waals surface area (Å²) in [6.45, 7) is 4.00. The Morgan fingerprint density at radius 3 is 3.12 bits per heavy atom. The molecule has 0 aliphatic carbocycles. The first-order valence-electron chi connectivity index (χ1n) is 5.82. The number of rotatable bonds is 4. The summed E-state index contributed by atoms with van der Waals surface area (Å²) in [6, 6.07) is 9.55. The van der Waals surface area contributed by atoms with Gasteiger partial charge in [-0.15, -0.1) is 0 Å². The largest absolute Gasteiger partial charge is 0.380 e. The lowest BCUT2D eigenvalue weighted by atomic mass is 10.1. The smallest absolute Gasteiger partial charge is 0.0620 e. The first kappa shape index (κ1) is 12.1. The van der Waals surface area contributed by atoms with Crippen molar-refractivity contribution in [1.82, 2.24) is 5.32 Å². The van der Waals surface area contributed by atoms with Gasteiger partial charge in [0, 0.05) is 23.2 Å². The lowest BCUT2D eigenvalue weighted by Crippen LogP contribution is -2.38. The lowest BCUT2D eigenvalue weighted by Gasteiger charge is -2.18. The molecule has 1 saturated heterocycles. The fourth-order valence-corrected chi connectivity index (χ4v) is 2.59. The summed E-state index contributed by atoms with van der Waals surface area (Å²) in [5, 5.41) is 3.61. The Bertz CT molecular complexity index is 336. The minimum Gasteiger partial charge on any atom is -0.380 e. The van der Waals surface area contributed by atoms with Gasteiger partial charge in [-0.2, -0.15) is 0 Å². The molecule has 0 aromatic heterocycles. The molecule has 2 unspecified atom stereocenters. The van der Waals surface area contributed by atoms with Crippen molar-refractivity contribution in [2.75, 3.05) is 13.2 Å². The topological polar surface area (TPSA) is 21.3 Å². The Kier molecular flexibility index (Phi) is 4.38. The molecule has 16 heavy (non-hydrogen) atoms. The van der Waals surface area contributed by atoms with E-state index < -0.39 is 0 Å². The minimum absolute atomic E-state index is 0.501. The quantitative estimate of drug-likeness (QED) is 0.918. The second-order valence-electron chi connectivity index (χ2n) is 4.46. The third kappa shape index (κ3) is 3.58. The zero-order valence-corrected chi connectivity index (χ0v) is 11.2. The maximum atomic E-state index is 5.36. The van der Waals surface area contributed by atoms with Gasteiger partial charge in [0.25, 0.3) is 0 Å². The highest BCUT2D eigenvalue weighted by atomic mass is 79.9. The van der Waals surface area contributed by atoms with Crippen molar-refractivity contribution in [3.05, 3.63) is 34.3 Å². The molecule has 3 heteroatoms. The van der Waals surface area contributed by atoms with Gasteiger partial charge >= 0.3 is 0 Å². The van der Waals surface area contributed by atoms with E-state index in [1.807, 2.05) is 0 Å². The second kappa shape index (κ2) is 5.80. The summed E-state index contributed by atoms with van der Waals surface area (Å²) in [4.78, 5) is 0. The molecule has 1 aliphatic rings. The van der Waals surface area contributed by atoms with Crippen LogP contribution in [0.3, 0.4) is 0 Å². The molecule has 2 rings (SSSR count). The summed E-state index contributed by atoms with van der Waals surface area (Å²) in [5.41, 5.74) is 1.37. The zero-order chi connectivity index (χ0) is 11.4. The van der Waals surface area contributed by atoms with Gasteiger partial charge in [-0.1, -0.05) is 28.1 Å². The number of benzene rings is 1. The van der Waals surface area contributed by atoms with Gasteiger partial charge in [0.15, 0.2) is 0 Å². The van der Waals surface area contributed by atoms with E-state index in [4.69, 9.17) is 4.74 Å². The van der Waals surface area contributed by atoms with Crippen LogP contribution in [0, 0.1) is 0 Å². The van der Waals surface area contributed by atoms with E-state index in [9.17, 15) is 0 Å². The van der Waals surface area contributed by atoms with Gasteiger partial charge in [-0.25, -0.2) is 0 Å². The van der Waals surface area contributed by atoms with Crippen LogP contribution in [0.2, 0.25) is 0 Å². The Hall–Kier alpha value is -0.380. The molecule has 1 aromatic rings. The highest BCUT2D eigenvalue weighted by Crippen LogP contribution is 2.14. The minimum atomic E-state index is 0.501. The van der Waals surface area contributed by atoms with Crippen molar-refractivity contribution < 1.29 is 4.74 Å². The van der Waals surface area contributed by atoms with Gasteiger partial charge < -0.3 is 10.1 Å². The summed E-state index contributed by atoms with van der Waals surface area (Å²) < 4.78 is 6.51. The average molecular weight is 284 g/mol. The summed E-state index contributed by atoms with van der Waals surface area (Å²) in [6.07, 6.45) is 2.21. The first-order chi connectivity index (χ1) is 7.74. The van der Waals surface area contributed by atoms with Crippen molar-refractivity contribution in [1.29, 1.82) is 0 Å². The van der Waals surface area contributed by atoms with Gasteiger partial charge in [0.05, 0.1) is 6.61 Å². The predicted molar refractivity (Wildman–Crippen MR) is 69.7 cm³/mol. The number of hydrogen-bond acceptors (Lipinski definition) is 2. The number of ether oxygens (including phenoxy) is 1. The van der Waals surface area contributed by atoms with E-state index in [0.29, 0.717) is 12.1 Å². The molecule has 0 spiro atoms. The number of halogens is 1. The third-order valence-electron chi connectivity index (χ3n) is 2.88. The number of nitrogens with one attached hydrogen (secondary N) is 1. The molecule has 0 bridgehead atoms. The molecule has 88 valence electrons. The molecule has 0 saturated carbocycles. The van der Waals surface area contributed by atoms with E-state index >= 15 is 0 Å². The van der Waals surface area contributed by atoms with Crippen molar-refractivity contribution in [3.63, 3.8) is 0 Å². The maximum Gasteiger partial charge on any atom is 0.0620 e. The van der Waals surface area contributed by atoms with Gasteiger partial charge in [-0.3, -0.25) is 0 Å². The average Bonchev–Trinajstić information content (AvgIpc) is 2.70. The molecule has 1 N–H and O–H groups in total. The van der Waals surface area contributed by atoms with E-state index in [1.165, 1.54) is 5.56 Å². The van der Waals surface area contributed by atoms with Crippen LogP contribution in [-0.4, -0.2) is 25.3 Å². The van der Waals surface area contributed by atoms with Crippen molar-refractivity contribution in [2.24, 2.45) is 0 Å². The van der Waals surface area contributed by atoms with E-state index in [-0.39, 0.29) is 0 Å². The summed E-state index contributed by atoms with van der Waals surface area (Å²) >= 11 is 3.50. The van der Waals surface area contributed by atoms with Crippen LogP contribution >= 0.6 is 15.9 Å². The van der Waals surface area contributed by atoms with Crippen LogP contribution in [0.5, 0.6) is 0 Å². The van der Waals surface area contributed by atoms with Gasteiger partial charge in [0.1, 0.15) is 0 Å². The fourth-order valence-electron chi connectivity index (χ4n) is 2.14. The second-order valence-corrected chi connectivity index (χ2v) is 5.38. The molecule has 1 aromatic carbocycles. The normalized spacial score (nSPS) is 22.2. The molecular formula is C13H18BrNO. The SMILES string of the molecule is CC(Cc1cccc(Br)c1)NC1CCOC1. The van der Waals surface area contributed by atoms with Crippen molar-refractivity contribution >= 4 is 15.9 Å². The van der Waals surface area contributed by atoms with Gasteiger partial charge in [-0.05, 0) is 37.5 Å². The molecular weight excluding hydrogens is 266 g/mol. The Morgan fingerprint density at radius 2 is 2.44 bits per heavy atom. The van der Waals surface area contributed by atoms with Crippen molar-refractivity contribution in [3.8, 4) is 0 Å². The van der Waals surface area contributed by atoms with Crippen LogP contribution in [0.1, 0.15) is 18.9 Å². The molecule has 0 radical (unpaired) electrons. The zero-order valence-electron chi connectivity index (χ0n) is 9.58. The fraction of sp³-hybridized carbons (Fsp3) is 0.538. The highest BCUT2D eigenvalue weighted by molar-refractivity contribution is 9.10. The van der Waals surface area contributed by atoms with Crippen LogP contribution in [0.4, 0.5) is 0 Å². The highest BCUT2D eigenvalue weighted by Gasteiger charge is 2.17. The molecule has 1 aliphatic heterocycles. The summed E-state index contributed by atoms with van der Waals surface area (Å²) in [7, 11) is 0. The van der Waals surface area contributed by atoms with Crippen LogP contribution < -0.4 is 5.32 Å². The van der Waals surface area contributed by atoms with Gasteiger partial charge in [0.2, 0.25) is 0 Å². The monoisotopic (exact) mass is 283 g/mol. The van der Waals surface area contributed by atoms with E-state index in [0.717, 1.165) is 30.5 Å². The molecule has 1 fully saturated rings. The molecule has 0 amide bonds. The third-order valence-corrected chi connectivity index (χ3v) is 3.37. The lowest BCUT2D eigenvalue weighted by molar-refractivity contribution is 0.188. The molecule has 1 heterocycles. The molecule has 2 atom stereocenters. The Labute approximate surface area is 106 Å². The van der Waals surface area contributed by atoms with Crippen LogP contribution in [0.15, 0.2) is 28.7 Å². The maximum absolute atomic E-state index is 5.36. The van der Waals surface area contributed by atoms with E-state index in [1.54, 1.807) is 0 Å². The first-order valence-corrected chi connectivity index (χ1v) is 6.61.